The summed E-state index contributed by atoms with van der Waals surface area (Å²) in [5, 5.41) is 0.759. The number of hydrogen-bond donors (Lipinski definition) is 0. The van der Waals surface area contributed by atoms with Gasteiger partial charge in [0.2, 0.25) is 11.8 Å². The minimum atomic E-state index is 0.178. The fourth-order valence-electron chi connectivity index (χ4n) is 7.60. The van der Waals surface area contributed by atoms with Crippen molar-refractivity contribution in [1.82, 2.24) is 14.8 Å². The maximum Gasteiger partial charge on any atom is 0.222 e. The van der Waals surface area contributed by atoms with Gasteiger partial charge in [0.25, 0.3) is 0 Å². The van der Waals surface area contributed by atoms with E-state index in [-0.39, 0.29) is 17.7 Å². The Morgan fingerprint density at radius 2 is 1.43 bits per heavy atom. The number of hydrogen-bond acceptors (Lipinski definition) is 4. The first-order valence-corrected chi connectivity index (χ1v) is 17.6. The van der Waals surface area contributed by atoms with Crippen LogP contribution in [-0.2, 0) is 27.2 Å². The van der Waals surface area contributed by atoms with Gasteiger partial charge in [0.15, 0.2) is 0 Å². The molecular formula is C33H40Br2ClN3O3. The van der Waals surface area contributed by atoms with Gasteiger partial charge < -0.3 is 14.5 Å². The van der Waals surface area contributed by atoms with Crippen molar-refractivity contribution >= 4 is 55.3 Å². The van der Waals surface area contributed by atoms with Crippen LogP contribution in [0, 0.1) is 17.8 Å². The van der Waals surface area contributed by atoms with Gasteiger partial charge in [-0.25, -0.2) is 0 Å². The number of amides is 2. The molecule has 3 saturated heterocycles. The molecule has 6 nitrogen and oxygen atoms in total. The molecule has 6 rings (SSSR count). The van der Waals surface area contributed by atoms with Crippen molar-refractivity contribution in [3.05, 3.63) is 60.7 Å². The molecule has 0 N–H and O–H groups in total. The van der Waals surface area contributed by atoms with Crippen LogP contribution in [0.4, 0.5) is 0 Å². The van der Waals surface area contributed by atoms with Crippen LogP contribution in [0.1, 0.15) is 79.7 Å². The minimum absolute atomic E-state index is 0.178. The van der Waals surface area contributed by atoms with Crippen LogP contribution in [0.2, 0.25) is 5.02 Å². The summed E-state index contributed by atoms with van der Waals surface area (Å²) in [5.74, 6) is 1.97. The number of aromatic nitrogens is 1. The van der Waals surface area contributed by atoms with E-state index in [1.54, 1.807) is 0 Å². The largest absolute Gasteiger partial charge is 0.381 e. The number of rotatable bonds is 5. The smallest absolute Gasteiger partial charge is 0.222 e. The zero-order chi connectivity index (χ0) is 29.2. The van der Waals surface area contributed by atoms with Gasteiger partial charge in [0, 0.05) is 78.3 Å². The van der Waals surface area contributed by atoms with Crippen molar-refractivity contribution in [2.45, 2.75) is 70.1 Å². The molecule has 1 atom stereocenters. The highest BCUT2D eigenvalue weighted by Gasteiger charge is 2.37. The average Bonchev–Trinajstić information content (AvgIpc) is 3.15. The van der Waals surface area contributed by atoms with Crippen molar-refractivity contribution in [3.63, 3.8) is 0 Å². The second-order valence-electron chi connectivity index (χ2n) is 12.6. The van der Waals surface area contributed by atoms with Crippen molar-refractivity contribution < 1.29 is 14.3 Å². The fourth-order valence-corrected chi connectivity index (χ4v) is 9.10. The summed E-state index contributed by atoms with van der Waals surface area (Å²) in [6.45, 7) is 4.70. The molecule has 0 spiro atoms. The van der Waals surface area contributed by atoms with Crippen LogP contribution in [0.5, 0.6) is 0 Å². The Hall–Kier alpha value is -1.48. The van der Waals surface area contributed by atoms with Gasteiger partial charge in [-0.2, -0.15) is 0 Å². The molecule has 3 aliphatic heterocycles. The van der Waals surface area contributed by atoms with E-state index in [1.807, 2.05) is 17.2 Å². The summed E-state index contributed by atoms with van der Waals surface area (Å²) in [6, 6.07) is 6.36. The Bertz CT molecular complexity index is 1300. The first kappa shape index (κ1) is 30.5. The number of likely N-dealkylation sites (tertiary alicyclic amines) is 2. The molecule has 2 amide bonds. The Labute approximate surface area is 271 Å². The zero-order valence-electron chi connectivity index (χ0n) is 24.1. The number of piperidine rings is 2. The molecule has 9 heteroatoms. The van der Waals surface area contributed by atoms with Gasteiger partial charge in [0.05, 0.1) is 5.69 Å². The van der Waals surface area contributed by atoms with Crippen molar-refractivity contribution in [2.75, 3.05) is 39.4 Å². The topological polar surface area (TPSA) is 62.7 Å². The van der Waals surface area contributed by atoms with E-state index in [9.17, 15) is 9.59 Å². The van der Waals surface area contributed by atoms with Crippen LogP contribution < -0.4 is 0 Å². The van der Waals surface area contributed by atoms with E-state index >= 15 is 0 Å². The van der Waals surface area contributed by atoms with Crippen LogP contribution in [0.3, 0.4) is 0 Å². The average molecular weight is 722 g/mol. The molecule has 0 bridgehead atoms. The number of nitrogens with zero attached hydrogens (tertiary/aromatic N) is 3. The minimum Gasteiger partial charge on any atom is -0.381 e. The zero-order valence-corrected chi connectivity index (χ0v) is 28.1. The molecule has 2 aromatic rings. The van der Waals surface area contributed by atoms with Crippen LogP contribution in [-0.4, -0.2) is 66.0 Å². The van der Waals surface area contributed by atoms with Gasteiger partial charge in [0.1, 0.15) is 0 Å². The number of carbonyl (C=O) groups is 2. The van der Waals surface area contributed by atoms with E-state index < -0.39 is 0 Å². The lowest BCUT2D eigenvalue weighted by atomic mass is 9.76. The molecule has 1 aromatic heterocycles. The molecule has 0 saturated carbocycles. The standard InChI is InChI=1S/C33H40Br2ClN3O3/c34-26-17-25-2-1-24-18-27(36)19-28(35)31(24)32(33(25)37-20-26)23-5-11-39(12-6-23)29(40)15-21-3-9-38(10-4-21)30(41)16-22-7-13-42-14-8-22/h17-23,32H,1-16H2/t32-/m1/s1. The maximum atomic E-state index is 13.4. The molecule has 0 unspecified atom stereocenters. The molecule has 226 valence electrons. The summed E-state index contributed by atoms with van der Waals surface area (Å²) in [7, 11) is 0. The van der Waals surface area contributed by atoms with Crippen LogP contribution >= 0.6 is 43.5 Å². The van der Waals surface area contributed by atoms with Crippen molar-refractivity contribution in [3.8, 4) is 0 Å². The quantitative estimate of drug-likeness (QED) is 0.329. The third kappa shape index (κ3) is 6.92. The number of fused-ring (bicyclic) bond motifs is 2. The predicted octanol–water partition coefficient (Wildman–Crippen LogP) is 7.17. The van der Waals surface area contributed by atoms with Gasteiger partial charge in [-0.1, -0.05) is 27.5 Å². The summed E-state index contributed by atoms with van der Waals surface area (Å²) in [5.41, 5.74) is 5.08. The summed E-state index contributed by atoms with van der Waals surface area (Å²) >= 11 is 14.0. The van der Waals surface area contributed by atoms with Gasteiger partial charge in [-0.05, 0) is 120 Å². The lowest BCUT2D eigenvalue weighted by Crippen LogP contribution is -2.43. The third-order valence-electron chi connectivity index (χ3n) is 10.0. The second kappa shape index (κ2) is 13.7. The lowest BCUT2D eigenvalue weighted by molar-refractivity contribution is -0.135. The molecule has 4 heterocycles. The maximum absolute atomic E-state index is 13.4. The summed E-state index contributed by atoms with van der Waals surface area (Å²) < 4.78 is 7.51. The first-order chi connectivity index (χ1) is 20.4. The second-order valence-corrected chi connectivity index (χ2v) is 14.8. The first-order valence-electron chi connectivity index (χ1n) is 15.6. The SMILES string of the molecule is O=C(CC1CCOCC1)N1CCC(CC(=O)N2CCC([C@H]3c4ncc(Br)cc4CCc4cc(Cl)cc(Br)c43)CC2)CC1. The molecule has 4 aliphatic rings. The number of ether oxygens (including phenoxy) is 1. The summed E-state index contributed by atoms with van der Waals surface area (Å²) in [6.07, 6.45) is 10.8. The number of carbonyl (C=O) groups excluding carboxylic acids is 2. The number of benzene rings is 1. The fraction of sp³-hybridized carbons (Fsp3) is 0.606. The monoisotopic (exact) mass is 719 g/mol. The van der Waals surface area contributed by atoms with Gasteiger partial charge >= 0.3 is 0 Å². The number of halogens is 3. The Morgan fingerprint density at radius 3 is 2.10 bits per heavy atom. The van der Waals surface area contributed by atoms with Crippen LogP contribution in [0.15, 0.2) is 33.3 Å². The van der Waals surface area contributed by atoms with E-state index in [4.69, 9.17) is 21.3 Å². The lowest BCUT2D eigenvalue weighted by Gasteiger charge is -2.38. The van der Waals surface area contributed by atoms with Gasteiger partial charge in [-0.3, -0.25) is 14.6 Å². The van der Waals surface area contributed by atoms with Crippen molar-refractivity contribution in [2.24, 2.45) is 17.8 Å². The molecule has 42 heavy (non-hydrogen) atoms. The van der Waals surface area contributed by atoms with E-state index in [0.717, 1.165) is 105 Å². The number of aryl methyl sites for hydroxylation is 2. The van der Waals surface area contributed by atoms with Crippen LogP contribution in [0.25, 0.3) is 0 Å². The number of pyridine rings is 1. The third-order valence-corrected chi connectivity index (χ3v) is 11.3. The van der Waals surface area contributed by atoms with E-state index in [2.05, 4.69) is 48.9 Å². The molecule has 3 fully saturated rings. The molecule has 1 aromatic carbocycles. The summed E-state index contributed by atoms with van der Waals surface area (Å²) in [4.78, 5) is 35.3. The Kier molecular flexibility index (Phi) is 9.93. The Morgan fingerprint density at radius 1 is 0.833 bits per heavy atom. The van der Waals surface area contributed by atoms with E-state index in [0.29, 0.717) is 30.6 Å². The Balaban J connectivity index is 1.06. The highest BCUT2D eigenvalue weighted by Crippen LogP contribution is 2.46. The van der Waals surface area contributed by atoms with Gasteiger partial charge in [-0.15, -0.1) is 0 Å². The molecule has 0 radical (unpaired) electrons. The molecule has 1 aliphatic carbocycles. The normalized spacial score (nSPS) is 22.4. The van der Waals surface area contributed by atoms with E-state index in [1.165, 1.54) is 22.4 Å². The van der Waals surface area contributed by atoms with Crippen molar-refractivity contribution in [1.29, 1.82) is 0 Å². The molecular weight excluding hydrogens is 682 g/mol. The highest BCUT2D eigenvalue weighted by molar-refractivity contribution is 9.10. The predicted molar refractivity (Wildman–Crippen MR) is 172 cm³/mol. The highest BCUT2D eigenvalue weighted by atomic mass is 79.9.